The molecule has 3 aromatic carbocycles. The maximum absolute atomic E-state index is 11.8. The van der Waals surface area contributed by atoms with Gasteiger partial charge in [0, 0.05) is 11.3 Å². The fourth-order valence-electron chi connectivity index (χ4n) is 3.90. The third kappa shape index (κ3) is 4.86. The van der Waals surface area contributed by atoms with Gasteiger partial charge < -0.3 is 19.9 Å². The lowest BCUT2D eigenvalue weighted by Gasteiger charge is -2.33. The number of phenolic OH excluding ortho intramolecular Hbond substituents is 1. The molecule has 0 spiro atoms. The van der Waals surface area contributed by atoms with E-state index < -0.39 is 0 Å². The van der Waals surface area contributed by atoms with Crippen molar-refractivity contribution >= 4 is 11.7 Å². The van der Waals surface area contributed by atoms with Gasteiger partial charge in [0.1, 0.15) is 6.17 Å². The molecule has 4 rings (SSSR count). The van der Waals surface area contributed by atoms with Crippen LogP contribution in [0.4, 0.5) is 0 Å². The molecule has 3 aromatic rings. The SMILES string of the molecule is CCOc1cccc(C2C=C(c3ccc(C)cc3)NC(c3ccc(C(=O)OC)cc3)N2)c1O. The van der Waals surface area contributed by atoms with Crippen LogP contribution in [0.3, 0.4) is 0 Å². The molecule has 3 N–H and O–H groups in total. The summed E-state index contributed by atoms with van der Waals surface area (Å²) in [6, 6.07) is 20.8. The minimum absolute atomic E-state index is 0.123. The number of benzene rings is 3. The Bertz CT molecular complexity index is 1150. The maximum atomic E-state index is 11.8. The Morgan fingerprint density at radius 2 is 1.76 bits per heavy atom. The molecule has 1 aliphatic rings. The Morgan fingerprint density at radius 1 is 1.03 bits per heavy atom. The molecule has 6 nitrogen and oxygen atoms in total. The van der Waals surface area contributed by atoms with E-state index in [2.05, 4.69) is 47.9 Å². The van der Waals surface area contributed by atoms with Gasteiger partial charge >= 0.3 is 5.97 Å². The van der Waals surface area contributed by atoms with Gasteiger partial charge in [0.05, 0.1) is 25.3 Å². The van der Waals surface area contributed by atoms with Crippen molar-refractivity contribution in [1.29, 1.82) is 0 Å². The lowest BCUT2D eigenvalue weighted by Crippen LogP contribution is -2.39. The molecular formula is C27H28N2O4. The molecule has 1 heterocycles. The minimum Gasteiger partial charge on any atom is -0.504 e. The van der Waals surface area contributed by atoms with Crippen molar-refractivity contribution in [3.8, 4) is 11.5 Å². The average molecular weight is 445 g/mol. The highest BCUT2D eigenvalue weighted by Gasteiger charge is 2.26. The van der Waals surface area contributed by atoms with Crippen LogP contribution in [0.2, 0.25) is 0 Å². The number of methoxy groups -OCH3 is 1. The smallest absolute Gasteiger partial charge is 0.337 e. The number of ether oxygens (including phenoxy) is 2. The summed E-state index contributed by atoms with van der Waals surface area (Å²) in [7, 11) is 1.37. The van der Waals surface area contributed by atoms with E-state index in [0.717, 1.165) is 22.4 Å². The topological polar surface area (TPSA) is 79.8 Å². The van der Waals surface area contributed by atoms with Crippen molar-refractivity contribution in [1.82, 2.24) is 10.6 Å². The van der Waals surface area contributed by atoms with Crippen molar-refractivity contribution < 1.29 is 19.4 Å². The Kier molecular flexibility index (Phi) is 6.66. The first-order chi connectivity index (χ1) is 16.0. The van der Waals surface area contributed by atoms with Crippen molar-refractivity contribution in [3.05, 3.63) is 101 Å². The predicted octanol–water partition coefficient (Wildman–Crippen LogP) is 4.86. The monoisotopic (exact) mass is 444 g/mol. The van der Waals surface area contributed by atoms with Gasteiger partial charge in [-0.05, 0) is 49.2 Å². The third-order valence-corrected chi connectivity index (χ3v) is 5.67. The summed E-state index contributed by atoms with van der Waals surface area (Å²) in [4.78, 5) is 11.8. The number of para-hydroxylation sites is 1. The van der Waals surface area contributed by atoms with E-state index in [-0.39, 0.29) is 23.9 Å². The van der Waals surface area contributed by atoms with Crippen LogP contribution in [0.5, 0.6) is 11.5 Å². The highest BCUT2D eigenvalue weighted by Crippen LogP contribution is 2.38. The van der Waals surface area contributed by atoms with Crippen LogP contribution in [0.1, 0.15) is 51.7 Å². The summed E-state index contributed by atoms with van der Waals surface area (Å²) >= 11 is 0. The number of hydrogen-bond donors (Lipinski definition) is 3. The number of carbonyl (C=O) groups is 1. The molecule has 1 aliphatic heterocycles. The number of aryl methyl sites for hydroxylation is 1. The average Bonchev–Trinajstić information content (AvgIpc) is 2.85. The van der Waals surface area contributed by atoms with Crippen LogP contribution in [-0.4, -0.2) is 24.8 Å². The number of nitrogens with one attached hydrogen (secondary N) is 2. The molecule has 0 aliphatic carbocycles. The van der Waals surface area contributed by atoms with E-state index in [0.29, 0.717) is 17.9 Å². The Balaban J connectivity index is 1.72. The van der Waals surface area contributed by atoms with E-state index >= 15 is 0 Å². The second-order valence-corrected chi connectivity index (χ2v) is 7.91. The van der Waals surface area contributed by atoms with Gasteiger partial charge in [-0.2, -0.15) is 0 Å². The quantitative estimate of drug-likeness (QED) is 0.471. The summed E-state index contributed by atoms with van der Waals surface area (Å²) in [5.74, 6) is 0.208. The van der Waals surface area contributed by atoms with E-state index in [1.54, 1.807) is 18.2 Å². The zero-order chi connectivity index (χ0) is 23.4. The molecule has 2 unspecified atom stereocenters. The first-order valence-electron chi connectivity index (χ1n) is 10.9. The standard InChI is InChI=1S/C27H28N2O4/c1-4-33-24-7-5-6-21(25(24)30)23-16-22(18-10-8-17(2)9-11-18)28-26(29-23)19-12-14-20(15-13-19)27(31)32-3/h5-16,23,26,28-30H,4H2,1-3H3. The number of carbonyl (C=O) groups excluding carboxylic acids is 1. The zero-order valence-electron chi connectivity index (χ0n) is 19.0. The van der Waals surface area contributed by atoms with Gasteiger partial charge in [0.2, 0.25) is 0 Å². The molecular weight excluding hydrogens is 416 g/mol. The summed E-state index contributed by atoms with van der Waals surface area (Å²) in [6.07, 6.45) is 1.81. The van der Waals surface area contributed by atoms with Gasteiger partial charge in [-0.15, -0.1) is 0 Å². The van der Waals surface area contributed by atoms with Crippen LogP contribution < -0.4 is 15.4 Å². The van der Waals surface area contributed by atoms with Gasteiger partial charge in [0.15, 0.2) is 11.5 Å². The number of aromatic hydroxyl groups is 1. The first kappa shape index (κ1) is 22.4. The molecule has 0 aromatic heterocycles. The Hall–Kier alpha value is -3.77. The molecule has 0 amide bonds. The lowest BCUT2D eigenvalue weighted by molar-refractivity contribution is 0.0600. The number of phenols is 1. The predicted molar refractivity (Wildman–Crippen MR) is 128 cm³/mol. The molecule has 170 valence electrons. The Morgan fingerprint density at radius 3 is 2.42 bits per heavy atom. The molecule has 0 radical (unpaired) electrons. The molecule has 0 fully saturated rings. The van der Waals surface area contributed by atoms with Gasteiger partial charge in [-0.25, -0.2) is 4.79 Å². The van der Waals surface area contributed by atoms with E-state index in [1.165, 1.54) is 12.7 Å². The van der Waals surface area contributed by atoms with Crippen LogP contribution in [0.25, 0.3) is 5.70 Å². The molecule has 2 atom stereocenters. The van der Waals surface area contributed by atoms with Crippen LogP contribution in [0, 0.1) is 6.92 Å². The highest BCUT2D eigenvalue weighted by molar-refractivity contribution is 5.89. The second kappa shape index (κ2) is 9.79. The number of hydrogen-bond acceptors (Lipinski definition) is 6. The van der Waals surface area contributed by atoms with Crippen molar-refractivity contribution in [2.24, 2.45) is 0 Å². The number of esters is 1. The summed E-state index contributed by atoms with van der Waals surface area (Å²) in [5, 5.41) is 18.0. The van der Waals surface area contributed by atoms with E-state index in [1.807, 2.05) is 31.2 Å². The van der Waals surface area contributed by atoms with Crippen molar-refractivity contribution in [2.75, 3.05) is 13.7 Å². The van der Waals surface area contributed by atoms with Gasteiger partial charge in [0.25, 0.3) is 0 Å². The summed E-state index contributed by atoms with van der Waals surface area (Å²) < 4.78 is 10.4. The second-order valence-electron chi connectivity index (χ2n) is 7.91. The molecule has 0 saturated carbocycles. The lowest BCUT2D eigenvalue weighted by atomic mass is 9.97. The number of rotatable bonds is 6. The molecule has 0 bridgehead atoms. The van der Waals surface area contributed by atoms with Crippen LogP contribution in [-0.2, 0) is 4.74 Å². The Labute approximate surface area is 193 Å². The van der Waals surface area contributed by atoms with E-state index in [4.69, 9.17) is 9.47 Å². The fraction of sp³-hybridized carbons (Fsp3) is 0.222. The van der Waals surface area contributed by atoms with Gasteiger partial charge in [-0.1, -0.05) is 54.1 Å². The van der Waals surface area contributed by atoms with Crippen LogP contribution in [0.15, 0.2) is 72.8 Å². The molecule has 6 heteroatoms. The normalized spacial score (nSPS) is 17.6. The first-order valence-corrected chi connectivity index (χ1v) is 10.9. The van der Waals surface area contributed by atoms with Gasteiger partial charge in [-0.3, -0.25) is 5.32 Å². The van der Waals surface area contributed by atoms with E-state index in [9.17, 15) is 9.90 Å². The molecule has 0 saturated heterocycles. The van der Waals surface area contributed by atoms with Crippen LogP contribution >= 0.6 is 0 Å². The third-order valence-electron chi connectivity index (χ3n) is 5.67. The zero-order valence-corrected chi connectivity index (χ0v) is 19.0. The fourth-order valence-corrected chi connectivity index (χ4v) is 3.90. The summed E-state index contributed by atoms with van der Waals surface area (Å²) in [6.45, 7) is 4.41. The highest BCUT2D eigenvalue weighted by atomic mass is 16.5. The van der Waals surface area contributed by atoms with Crippen molar-refractivity contribution in [2.45, 2.75) is 26.1 Å². The minimum atomic E-state index is -0.373. The van der Waals surface area contributed by atoms with Crippen molar-refractivity contribution in [3.63, 3.8) is 0 Å². The largest absolute Gasteiger partial charge is 0.504 e. The molecule has 33 heavy (non-hydrogen) atoms. The maximum Gasteiger partial charge on any atom is 0.337 e. The summed E-state index contributed by atoms with van der Waals surface area (Å²) in [5.41, 5.74) is 5.34.